The lowest BCUT2D eigenvalue weighted by atomic mass is 10.1. The molecule has 1 atom stereocenters. The van der Waals surface area contributed by atoms with Gasteiger partial charge in [0.1, 0.15) is 17.3 Å². The number of nitrogens with zero attached hydrogens (tertiary/aromatic N) is 2. The molecule has 1 fully saturated rings. The number of hydrogen-bond acceptors (Lipinski definition) is 6. The number of nitrogens with one attached hydrogen (secondary N) is 2. The molecule has 3 heterocycles. The summed E-state index contributed by atoms with van der Waals surface area (Å²) in [6, 6.07) is 23.5. The van der Waals surface area contributed by atoms with E-state index >= 15 is 0 Å². The summed E-state index contributed by atoms with van der Waals surface area (Å²) in [7, 11) is 1.66. The number of amides is 2. The Morgan fingerprint density at radius 2 is 1.85 bits per heavy atom. The number of hydrogen-bond donors (Lipinski definition) is 2. The van der Waals surface area contributed by atoms with Crippen molar-refractivity contribution < 1.29 is 14.3 Å². The van der Waals surface area contributed by atoms with E-state index in [2.05, 4.69) is 15.6 Å². The number of thiophene rings is 1. The number of ether oxygens (including phenoxy) is 1. The van der Waals surface area contributed by atoms with Crippen LogP contribution in [0.2, 0.25) is 0 Å². The standard InChI is InChI=1S/C31H30N4O3S/c1-19(22-8-4-6-12-26(22)38-2)32-28-13-7-10-24(34-28)31(37)35-17-16-20-18-27(30(36)33-21-14-15-21)39-29(20)23-9-3-5-11-25(23)35/h3-13,18-19,21H,14-17H2,1-2H3,(H,32,34)(H,33,36)/t19-/m0/s1. The first-order valence-corrected chi connectivity index (χ1v) is 14.0. The number of fused-ring (bicyclic) bond motifs is 3. The maximum Gasteiger partial charge on any atom is 0.276 e. The van der Waals surface area contributed by atoms with E-state index in [-0.39, 0.29) is 17.9 Å². The van der Waals surface area contributed by atoms with Crippen molar-refractivity contribution in [2.75, 3.05) is 23.9 Å². The number of carbonyl (C=O) groups excluding carboxylic acids is 2. The normalized spacial score (nSPS) is 15.0. The number of pyridine rings is 1. The lowest BCUT2D eigenvalue weighted by Gasteiger charge is -2.23. The first-order valence-electron chi connectivity index (χ1n) is 13.2. The van der Waals surface area contributed by atoms with Crippen molar-refractivity contribution in [3.63, 3.8) is 0 Å². The molecule has 2 aliphatic rings. The van der Waals surface area contributed by atoms with Crippen LogP contribution in [-0.2, 0) is 6.42 Å². The minimum Gasteiger partial charge on any atom is -0.496 e. The molecule has 2 aromatic carbocycles. The van der Waals surface area contributed by atoms with Crippen LogP contribution in [0.5, 0.6) is 5.75 Å². The fourth-order valence-corrected chi connectivity index (χ4v) is 6.15. The maximum absolute atomic E-state index is 13.9. The van der Waals surface area contributed by atoms with Crippen molar-refractivity contribution in [1.82, 2.24) is 10.3 Å². The van der Waals surface area contributed by atoms with Crippen LogP contribution in [0, 0.1) is 0 Å². The van der Waals surface area contributed by atoms with Crippen LogP contribution in [-0.4, -0.2) is 36.5 Å². The number of carbonyl (C=O) groups is 2. The molecule has 2 aromatic heterocycles. The van der Waals surface area contributed by atoms with Gasteiger partial charge in [-0.2, -0.15) is 0 Å². The Morgan fingerprint density at radius 1 is 1.05 bits per heavy atom. The molecule has 2 amide bonds. The number of benzene rings is 2. The number of anilines is 2. The molecule has 198 valence electrons. The summed E-state index contributed by atoms with van der Waals surface area (Å²) >= 11 is 1.50. The Balaban J connectivity index is 1.26. The zero-order valence-electron chi connectivity index (χ0n) is 21.9. The second-order valence-corrected chi connectivity index (χ2v) is 11.0. The van der Waals surface area contributed by atoms with Crippen molar-refractivity contribution in [2.24, 2.45) is 0 Å². The van der Waals surface area contributed by atoms with Gasteiger partial charge in [0.15, 0.2) is 0 Å². The van der Waals surface area contributed by atoms with E-state index in [0.717, 1.165) is 50.7 Å². The molecular weight excluding hydrogens is 508 g/mol. The SMILES string of the molecule is COc1ccccc1[C@H](C)Nc1cccc(C(=O)N2CCc3cc(C(=O)NC4CC4)sc3-c3ccccc32)n1. The molecule has 39 heavy (non-hydrogen) atoms. The minimum atomic E-state index is -0.155. The highest BCUT2D eigenvalue weighted by atomic mass is 32.1. The Hall–Kier alpha value is -4.17. The van der Waals surface area contributed by atoms with Gasteiger partial charge in [-0.05, 0) is 62.1 Å². The quantitative estimate of drug-likeness (QED) is 0.298. The van der Waals surface area contributed by atoms with Crippen LogP contribution in [0.4, 0.5) is 11.5 Å². The molecule has 0 bridgehead atoms. The van der Waals surface area contributed by atoms with E-state index < -0.39 is 0 Å². The van der Waals surface area contributed by atoms with E-state index in [1.807, 2.05) is 78.6 Å². The molecule has 8 heteroatoms. The molecule has 4 aromatic rings. The summed E-state index contributed by atoms with van der Waals surface area (Å²) < 4.78 is 5.51. The van der Waals surface area contributed by atoms with E-state index in [0.29, 0.717) is 30.5 Å². The summed E-state index contributed by atoms with van der Waals surface area (Å²) in [6.45, 7) is 2.54. The van der Waals surface area contributed by atoms with Gasteiger partial charge in [0.25, 0.3) is 11.8 Å². The van der Waals surface area contributed by atoms with Gasteiger partial charge in [-0.3, -0.25) is 9.59 Å². The molecule has 2 N–H and O–H groups in total. The van der Waals surface area contributed by atoms with Crippen LogP contribution in [0.3, 0.4) is 0 Å². The maximum atomic E-state index is 13.9. The fourth-order valence-electron chi connectivity index (χ4n) is 5.00. The Bertz CT molecular complexity index is 1540. The average molecular weight is 539 g/mol. The van der Waals surface area contributed by atoms with Crippen molar-refractivity contribution in [1.29, 1.82) is 0 Å². The molecule has 0 saturated heterocycles. The van der Waals surface area contributed by atoms with Crippen LogP contribution in [0.15, 0.2) is 72.8 Å². The van der Waals surface area contributed by atoms with Gasteiger partial charge < -0.3 is 20.3 Å². The Kier molecular flexibility index (Phi) is 6.79. The van der Waals surface area contributed by atoms with Crippen LogP contribution in [0.1, 0.15) is 57.1 Å². The number of aromatic nitrogens is 1. The zero-order chi connectivity index (χ0) is 26.9. The number of methoxy groups -OCH3 is 1. The largest absolute Gasteiger partial charge is 0.496 e. The number of rotatable bonds is 7. The molecule has 7 nitrogen and oxygen atoms in total. The summed E-state index contributed by atoms with van der Waals surface area (Å²) in [5.41, 5.74) is 4.28. The van der Waals surface area contributed by atoms with Gasteiger partial charge in [0.05, 0.1) is 23.7 Å². The molecular formula is C31H30N4O3S. The molecule has 1 aliphatic heterocycles. The fraction of sp³-hybridized carbons (Fsp3) is 0.258. The number of para-hydroxylation sites is 2. The highest BCUT2D eigenvalue weighted by Crippen LogP contribution is 2.42. The first-order chi connectivity index (χ1) is 19.0. The van der Waals surface area contributed by atoms with Gasteiger partial charge in [-0.25, -0.2) is 4.98 Å². The molecule has 0 spiro atoms. The topological polar surface area (TPSA) is 83.6 Å². The van der Waals surface area contributed by atoms with Crippen LogP contribution < -0.4 is 20.3 Å². The predicted octanol–water partition coefficient (Wildman–Crippen LogP) is 6.09. The van der Waals surface area contributed by atoms with Crippen molar-refractivity contribution in [2.45, 2.75) is 38.3 Å². The Labute approximate surface area is 231 Å². The van der Waals surface area contributed by atoms with Crippen LogP contribution in [0.25, 0.3) is 10.4 Å². The molecule has 0 radical (unpaired) electrons. The highest BCUT2D eigenvalue weighted by Gasteiger charge is 2.29. The third-order valence-electron chi connectivity index (χ3n) is 7.17. The van der Waals surface area contributed by atoms with Crippen LogP contribution >= 0.6 is 11.3 Å². The highest BCUT2D eigenvalue weighted by molar-refractivity contribution is 7.17. The Morgan fingerprint density at radius 3 is 2.67 bits per heavy atom. The van der Waals surface area contributed by atoms with Gasteiger partial charge in [-0.1, -0.05) is 42.5 Å². The first kappa shape index (κ1) is 25.1. The molecule has 6 rings (SSSR count). The van der Waals surface area contributed by atoms with E-state index in [4.69, 9.17) is 4.74 Å². The lowest BCUT2D eigenvalue weighted by molar-refractivity contribution is 0.0952. The van der Waals surface area contributed by atoms with Crippen molar-refractivity contribution in [3.05, 3.63) is 94.5 Å². The third kappa shape index (κ3) is 5.12. The molecule has 1 aliphatic carbocycles. The summed E-state index contributed by atoms with van der Waals surface area (Å²) in [6.07, 6.45) is 2.77. The van der Waals surface area contributed by atoms with E-state index in [1.165, 1.54) is 11.3 Å². The average Bonchev–Trinajstić information content (AvgIpc) is 3.71. The van der Waals surface area contributed by atoms with Crippen molar-refractivity contribution >= 4 is 34.7 Å². The zero-order valence-corrected chi connectivity index (χ0v) is 22.8. The summed E-state index contributed by atoms with van der Waals surface area (Å²) in [4.78, 5) is 34.8. The summed E-state index contributed by atoms with van der Waals surface area (Å²) in [5, 5.41) is 6.50. The van der Waals surface area contributed by atoms with Gasteiger partial charge in [-0.15, -0.1) is 11.3 Å². The molecule has 1 saturated carbocycles. The van der Waals surface area contributed by atoms with Gasteiger partial charge in [0.2, 0.25) is 0 Å². The third-order valence-corrected chi connectivity index (χ3v) is 8.38. The van der Waals surface area contributed by atoms with E-state index in [9.17, 15) is 9.59 Å². The smallest absolute Gasteiger partial charge is 0.276 e. The molecule has 0 unspecified atom stereocenters. The second kappa shape index (κ2) is 10.5. The van der Waals surface area contributed by atoms with Crippen molar-refractivity contribution in [3.8, 4) is 16.2 Å². The summed E-state index contributed by atoms with van der Waals surface area (Å²) in [5.74, 6) is 1.26. The van der Waals surface area contributed by atoms with Gasteiger partial charge in [0, 0.05) is 28.6 Å². The van der Waals surface area contributed by atoms with Gasteiger partial charge >= 0.3 is 0 Å². The minimum absolute atomic E-state index is 0.00291. The predicted molar refractivity (Wildman–Crippen MR) is 155 cm³/mol. The lowest BCUT2D eigenvalue weighted by Crippen LogP contribution is -2.33. The monoisotopic (exact) mass is 538 g/mol. The second-order valence-electron chi connectivity index (χ2n) is 9.95. The van der Waals surface area contributed by atoms with E-state index in [1.54, 1.807) is 13.2 Å².